The molecule has 0 amide bonds. The molecule has 0 aliphatic carbocycles. The van der Waals surface area contributed by atoms with Crippen molar-refractivity contribution in [3.8, 4) is 0 Å². The fourth-order valence-corrected chi connectivity index (χ4v) is 9.71. The molecule has 0 aromatic heterocycles. The van der Waals surface area contributed by atoms with Gasteiger partial charge < -0.3 is 4.11 Å². The lowest BCUT2D eigenvalue weighted by atomic mass is 10.3. The summed E-state index contributed by atoms with van der Waals surface area (Å²) in [7, 11) is -3.07. The van der Waals surface area contributed by atoms with Gasteiger partial charge in [-0.1, -0.05) is 45.6 Å². The summed E-state index contributed by atoms with van der Waals surface area (Å²) in [6, 6.07) is 3.78. The predicted molar refractivity (Wildman–Crippen MR) is 84.7 cm³/mol. The van der Waals surface area contributed by atoms with Crippen LogP contribution in [0, 0.1) is 0 Å². The van der Waals surface area contributed by atoms with E-state index in [9.17, 15) is 12.9 Å². The highest BCUT2D eigenvalue weighted by atomic mass is 28.4. The number of unbranched alkanes of at least 4 members (excludes halogenated alkanes) is 2. The predicted octanol–water partition coefficient (Wildman–Crippen LogP) is 5.20. The number of hydrogen-bond donors (Lipinski definition) is 0. The summed E-state index contributed by atoms with van der Waals surface area (Å²) in [6.45, 7) is 3.65. The normalized spacial score (nSPS) is 14.4. The van der Waals surface area contributed by atoms with E-state index < -0.39 is 30.8 Å². The average molecular weight is 313 g/mol. The molecule has 0 nitrogen and oxygen atoms in total. The van der Waals surface area contributed by atoms with Gasteiger partial charge in [0.1, 0.15) is 0 Å². The molecule has 0 fully saturated rings. The molecule has 0 aromatic carbocycles. The van der Waals surface area contributed by atoms with Gasteiger partial charge in [0.2, 0.25) is 8.41 Å². The molecule has 0 saturated carbocycles. The van der Waals surface area contributed by atoms with Crippen molar-refractivity contribution in [2.75, 3.05) is 6.67 Å². The standard InChI is InChI=1S/C14H31F3Si2/c1-3-5-10-19(17,11-6-4-2)12-9-18-13-14(16)7-8-15/h14H,3-13,18H2,1-2H3. The summed E-state index contributed by atoms with van der Waals surface area (Å²) in [5.41, 5.74) is 0. The summed E-state index contributed by atoms with van der Waals surface area (Å²) >= 11 is 0. The third-order valence-electron chi connectivity index (χ3n) is 3.77. The van der Waals surface area contributed by atoms with Gasteiger partial charge in [-0.2, -0.15) is 0 Å². The van der Waals surface area contributed by atoms with Crippen LogP contribution >= 0.6 is 0 Å². The van der Waals surface area contributed by atoms with E-state index in [2.05, 4.69) is 13.8 Å². The van der Waals surface area contributed by atoms with Crippen LogP contribution in [-0.4, -0.2) is 30.8 Å². The lowest BCUT2D eigenvalue weighted by molar-refractivity contribution is 0.304. The van der Waals surface area contributed by atoms with E-state index in [1.807, 2.05) is 0 Å². The number of alkyl halides is 2. The van der Waals surface area contributed by atoms with Crippen molar-refractivity contribution in [3.05, 3.63) is 0 Å². The topological polar surface area (TPSA) is 0 Å². The maximum Gasteiger partial charge on any atom is 0.246 e. The monoisotopic (exact) mass is 312 g/mol. The third kappa shape index (κ3) is 10.6. The third-order valence-corrected chi connectivity index (χ3v) is 10.1. The van der Waals surface area contributed by atoms with Crippen LogP contribution in [0.15, 0.2) is 0 Å². The van der Waals surface area contributed by atoms with Crippen LogP contribution in [0.4, 0.5) is 12.9 Å². The molecule has 0 spiro atoms. The Morgan fingerprint density at radius 3 is 2.11 bits per heavy atom. The maximum atomic E-state index is 14.8. The highest BCUT2D eigenvalue weighted by molar-refractivity contribution is 6.73. The van der Waals surface area contributed by atoms with Gasteiger partial charge in [0.25, 0.3) is 0 Å². The zero-order valence-electron chi connectivity index (χ0n) is 12.7. The van der Waals surface area contributed by atoms with Crippen LogP contribution in [0.2, 0.25) is 30.2 Å². The molecular weight excluding hydrogens is 281 g/mol. The Labute approximate surface area is 120 Å². The van der Waals surface area contributed by atoms with Crippen molar-refractivity contribution >= 4 is 17.9 Å². The van der Waals surface area contributed by atoms with Crippen molar-refractivity contribution in [2.24, 2.45) is 0 Å². The SMILES string of the molecule is CCCC[Si](F)(CCCC)CC[SiH2]CC(F)CCF. The van der Waals surface area contributed by atoms with Crippen LogP contribution in [0.3, 0.4) is 0 Å². The molecule has 0 rings (SSSR count). The second-order valence-corrected chi connectivity index (χ2v) is 11.5. The molecule has 1 unspecified atom stereocenters. The van der Waals surface area contributed by atoms with E-state index in [4.69, 9.17) is 0 Å². The lowest BCUT2D eigenvalue weighted by Crippen LogP contribution is -2.28. The Kier molecular flexibility index (Phi) is 12.1. The molecule has 0 aromatic rings. The highest BCUT2D eigenvalue weighted by Gasteiger charge is 2.31. The van der Waals surface area contributed by atoms with Gasteiger partial charge >= 0.3 is 0 Å². The van der Waals surface area contributed by atoms with Gasteiger partial charge in [-0.05, 0) is 24.2 Å². The largest absolute Gasteiger partial charge is 0.314 e. The minimum absolute atomic E-state index is 0.0386. The molecule has 0 saturated heterocycles. The van der Waals surface area contributed by atoms with Gasteiger partial charge in [-0.25, -0.2) is 4.39 Å². The molecule has 116 valence electrons. The van der Waals surface area contributed by atoms with Crippen molar-refractivity contribution < 1.29 is 12.9 Å². The van der Waals surface area contributed by atoms with Gasteiger partial charge in [-0.15, -0.1) is 0 Å². The first-order chi connectivity index (χ1) is 9.08. The number of rotatable bonds is 13. The Balaban J connectivity index is 3.90. The van der Waals surface area contributed by atoms with Crippen LogP contribution in [0.25, 0.3) is 0 Å². The van der Waals surface area contributed by atoms with Gasteiger partial charge in [-0.3, -0.25) is 4.39 Å². The molecule has 0 radical (unpaired) electrons. The molecule has 1 atom stereocenters. The molecule has 0 N–H and O–H groups in total. The van der Waals surface area contributed by atoms with Crippen LogP contribution in [-0.2, 0) is 0 Å². The summed E-state index contributed by atoms with van der Waals surface area (Å²) < 4.78 is 39.9. The quantitative estimate of drug-likeness (QED) is 0.249. The van der Waals surface area contributed by atoms with Crippen LogP contribution in [0.1, 0.15) is 46.0 Å². The van der Waals surface area contributed by atoms with Gasteiger partial charge in [0.15, 0.2) is 0 Å². The Bertz CT molecular complexity index is 195. The fraction of sp³-hybridized carbons (Fsp3) is 1.00. The zero-order chi connectivity index (χ0) is 14.6. The van der Waals surface area contributed by atoms with Crippen molar-refractivity contribution in [2.45, 2.75) is 82.3 Å². The van der Waals surface area contributed by atoms with Gasteiger partial charge in [0.05, 0.1) is 12.8 Å². The average Bonchev–Trinajstić information content (AvgIpc) is 2.40. The summed E-state index contributed by atoms with van der Waals surface area (Å²) in [4.78, 5) is 0. The molecule has 0 heterocycles. The summed E-state index contributed by atoms with van der Waals surface area (Å²) in [5.74, 6) is 0. The van der Waals surface area contributed by atoms with Crippen LogP contribution < -0.4 is 0 Å². The van der Waals surface area contributed by atoms with Crippen molar-refractivity contribution in [1.82, 2.24) is 0 Å². The Morgan fingerprint density at radius 1 is 1.05 bits per heavy atom. The molecule has 0 aliphatic heterocycles. The number of halogens is 3. The van der Waals surface area contributed by atoms with E-state index in [0.717, 1.165) is 49.9 Å². The van der Waals surface area contributed by atoms with E-state index in [-0.39, 0.29) is 6.42 Å². The van der Waals surface area contributed by atoms with Gasteiger partial charge in [0, 0.05) is 15.9 Å². The molecule has 0 aliphatic rings. The first-order valence-electron chi connectivity index (χ1n) is 7.97. The first kappa shape index (κ1) is 19.2. The lowest BCUT2D eigenvalue weighted by Gasteiger charge is -2.22. The van der Waals surface area contributed by atoms with E-state index in [1.54, 1.807) is 0 Å². The maximum absolute atomic E-state index is 14.8. The van der Waals surface area contributed by atoms with Crippen molar-refractivity contribution in [3.63, 3.8) is 0 Å². The Morgan fingerprint density at radius 2 is 1.63 bits per heavy atom. The smallest absolute Gasteiger partial charge is 0.246 e. The van der Waals surface area contributed by atoms with E-state index >= 15 is 0 Å². The van der Waals surface area contributed by atoms with E-state index in [0.29, 0.717) is 6.04 Å². The fourth-order valence-electron chi connectivity index (χ4n) is 2.43. The molecule has 19 heavy (non-hydrogen) atoms. The number of hydrogen-bond acceptors (Lipinski definition) is 0. The first-order valence-corrected chi connectivity index (χ1v) is 12.5. The van der Waals surface area contributed by atoms with Crippen molar-refractivity contribution in [1.29, 1.82) is 0 Å². The molecule has 0 bridgehead atoms. The second kappa shape index (κ2) is 12.0. The summed E-state index contributed by atoms with van der Waals surface area (Å²) in [5, 5.41) is 0. The highest BCUT2D eigenvalue weighted by Crippen LogP contribution is 2.29. The molecular formula is C14H31F3Si2. The molecule has 5 heteroatoms. The zero-order valence-corrected chi connectivity index (χ0v) is 15.1. The Hall–Kier alpha value is 0.224. The summed E-state index contributed by atoms with van der Waals surface area (Å²) in [6.07, 6.45) is 3.19. The second-order valence-electron chi connectivity index (χ2n) is 5.68. The minimum Gasteiger partial charge on any atom is -0.314 e. The van der Waals surface area contributed by atoms with Crippen LogP contribution in [0.5, 0.6) is 0 Å². The van der Waals surface area contributed by atoms with E-state index in [1.165, 1.54) is 0 Å². The minimum atomic E-state index is -2.54.